The van der Waals surface area contributed by atoms with Gasteiger partial charge in [0.1, 0.15) is 17.0 Å². The van der Waals surface area contributed by atoms with Crippen molar-refractivity contribution in [1.82, 2.24) is 9.97 Å². The van der Waals surface area contributed by atoms with E-state index in [1.165, 1.54) is 21.6 Å². The molecule has 0 fully saturated rings. The maximum absolute atomic E-state index is 4.56. The van der Waals surface area contributed by atoms with E-state index in [-0.39, 0.29) is 0 Å². The number of aryl methyl sites for hydroxylation is 2. The second-order valence-corrected chi connectivity index (χ2v) is 7.14. The molecule has 0 amide bonds. The topological polar surface area (TPSA) is 37.8 Å². The molecular formula is C21H19N3S. The van der Waals surface area contributed by atoms with E-state index in [1.807, 2.05) is 6.07 Å². The number of anilines is 2. The zero-order chi connectivity index (χ0) is 17.2. The first-order valence-corrected chi connectivity index (χ1v) is 9.24. The van der Waals surface area contributed by atoms with E-state index in [9.17, 15) is 0 Å². The van der Waals surface area contributed by atoms with E-state index in [4.69, 9.17) is 0 Å². The van der Waals surface area contributed by atoms with Gasteiger partial charge in [0.25, 0.3) is 0 Å². The van der Waals surface area contributed by atoms with Crippen LogP contribution in [0, 0.1) is 6.92 Å². The molecule has 4 aromatic rings. The Balaban J connectivity index is 1.90. The molecule has 0 saturated heterocycles. The summed E-state index contributed by atoms with van der Waals surface area (Å²) >= 11 is 1.72. The molecule has 2 aromatic carbocycles. The highest BCUT2D eigenvalue weighted by Gasteiger charge is 2.17. The standard InChI is InChI=1S/C21H19N3S/c1-3-15-9-7-8-12-17(15)24-20-19-18(16-10-5-4-6-11-16)14(2)25-21(19)23-13-22-20/h4-13H,3H2,1-2H3,(H,22,23,24). The van der Waals surface area contributed by atoms with Gasteiger partial charge in [0, 0.05) is 16.1 Å². The van der Waals surface area contributed by atoms with Gasteiger partial charge in [0.15, 0.2) is 0 Å². The minimum absolute atomic E-state index is 0.870. The van der Waals surface area contributed by atoms with Crippen molar-refractivity contribution in [2.75, 3.05) is 5.32 Å². The van der Waals surface area contributed by atoms with Crippen molar-refractivity contribution < 1.29 is 0 Å². The lowest BCUT2D eigenvalue weighted by atomic mass is 10.0. The number of rotatable bonds is 4. The van der Waals surface area contributed by atoms with E-state index in [0.29, 0.717) is 0 Å². The summed E-state index contributed by atoms with van der Waals surface area (Å²) in [7, 11) is 0. The molecule has 0 aliphatic rings. The summed E-state index contributed by atoms with van der Waals surface area (Å²) in [6.07, 6.45) is 2.62. The van der Waals surface area contributed by atoms with Crippen molar-refractivity contribution >= 4 is 33.1 Å². The van der Waals surface area contributed by atoms with Crippen LogP contribution in [0.4, 0.5) is 11.5 Å². The summed E-state index contributed by atoms with van der Waals surface area (Å²) in [5.41, 5.74) is 4.81. The molecule has 2 heterocycles. The number of nitrogens with zero attached hydrogens (tertiary/aromatic N) is 2. The number of nitrogens with one attached hydrogen (secondary N) is 1. The van der Waals surface area contributed by atoms with Crippen LogP contribution in [0.15, 0.2) is 60.9 Å². The Bertz CT molecular complexity index is 1020. The van der Waals surface area contributed by atoms with Crippen molar-refractivity contribution in [3.8, 4) is 11.1 Å². The minimum Gasteiger partial charge on any atom is -0.339 e. The van der Waals surface area contributed by atoms with Crippen LogP contribution in [0.5, 0.6) is 0 Å². The molecule has 0 bridgehead atoms. The smallest absolute Gasteiger partial charge is 0.143 e. The zero-order valence-electron chi connectivity index (χ0n) is 14.3. The first-order valence-electron chi connectivity index (χ1n) is 8.42. The van der Waals surface area contributed by atoms with Crippen LogP contribution in [0.25, 0.3) is 21.3 Å². The average Bonchev–Trinajstić information content (AvgIpc) is 3.00. The third-order valence-corrected chi connectivity index (χ3v) is 5.39. The molecule has 0 radical (unpaired) electrons. The van der Waals surface area contributed by atoms with Gasteiger partial charge >= 0.3 is 0 Å². The lowest BCUT2D eigenvalue weighted by molar-refractivity contribution is 1.14. The molecule has 1 N–H and O–H groups in total. The maximum Gasteiger partial charge on any atom is 0.143 e. The van der Waals surface area contributed by atoms with Crippen molar-refractivity contribution in [1.29, 1.82) is 0 Å². The zero-order valence-corrected chi connectivity index (χ0v) is 15.1. The van der Waals surface area contributed by atoms with Gasteiger partial charge in [-0.25, -0.2) is 9.97 Å². The quantitative estimate of drug-likeness (QED) is 0.495. The fourth-order valence-electron chi connectivity index (χ4n) is 3.17. The second-order valence-electron chi connectivity index (χ2n) is 5.94. The van der Waals surface area contributed by atoms with Crippen LogP contribution >= 0.6 is 11.3 Å². The lowest BCUT2D eigenvalue weighted by Crippen LogP contribution is -1.98. The first kappa shape index (κ1) is 15.8. The summed E-state index contributed by atoms with van der Waals surface area (Å²) < 4.78 is 0. The number of aromatic nitrogens is 2. The molecule has 0 spiro atoms. The van der Waals surface area contributed by atoms with Crippen LogP contribution in [0.2, 0.25) is 0 Å². The van der Waals surface area contributed by atoms with Gasteiger partial charge in [0.2, 0.25) is 0 Å². The van der Waals surface area contributed by atoms with Crippen molar-refractivity contribution in [2.45, 2.75) is 20.3 Å². The molecule has 3 nitrogen and oxygen atoms in total. The molecule has 124 valence electrons. The van der Waals surface area contributed by atoms with Gasteiger partial charge in [-0.3, -0.25) is 0 Å². The number of hydrogen-bond donors (Lipinski definition) is 1. The Morgan fingerprint density at radius 1 is 0.960 bits per heavy atom. The van der Waals surface area contributed by atoms with E-state index in [1.54, 1.807) is 17.7 Å². The van der Waals surface area contributed by atoms with Crippen molar-refractivity contribution in [3.05, 3.63) is 71.4 Å². The summed E-state index contributed by atoms with van der Waals surface area (Å²) in [5.74, 6) is 0.870. The van der Waals surface area contributed by atoms with Gasteiger partial charge in [-0.15, -0.1) is 11.3 Å². The number of benzene rings is 2. The number of para-hydroxylation sites is 1. The second kappa shape index (κ2) is 6.65. The van der Waals surface area contributed by atoms with Crippen LogP contribution in [0.3, 0.4) is 0 Å². The van der Waals surface area contributed by atoms with Crippen molar-refractivity contribution in [2.24, 2.45) is 0 Å². The Labute approximate surface area is 151 Å². The third kappa shape index (κ3) is 2.89. The molecule has 0 saturated carbocycles. The van der Waals surface area contributed by atoms with Gasteiger partial charge in [-0.2, -0.15) is 0 Å². The molecule has 0 aliphatic heterocycles. The predicted octanol–water partition coefficient (Wildman–Crippen LogP) is 5.97. The Morgan fingerprint density at radius 3 is 2.52 bits per heavy atom. The highest BCUT2D eigenvalue weighted by atomic mass is 32.1. The summed E-state index contributed by atoms with van der Waals surface area (Å²) in [4.78, 5) is 11.3. The minimum atomic E-state index is 0.870. The fraction of sp³-hybridized carbons (Fsp3) is 0.143. The first-order chi connectivity index (χ1) is 12.3. The fourth-order valence-corrected chi connectivity index (χ4v) is 4.18. The summed E-state index contributed by atoms with van der Waals surface area (Å²) in [6.45, 7) is 4.32. The molecule has 0 atom stereocenters. The van der Waals surface area contributed by atoms with Crippen LogP contribution in [-0.4, -0.2) is 9.97 Å². The SMILES string of the molecule is CCc1ccccc1Nc1ncnc2sc(C)c(-c3ccccc3)c12. The molecule has 4 rings (SSSR count). The number of fused-ring (bicyclic) bond motifs is 1. The molecule has 4 heteroatoms. The maximum atomic E-state index is 4.56. The predicted molar refractivity (Wildman–Crippen MR) is 107 cm³/mol. The highest BCUT2D eigenvalue weighted by molar-refractivity contribution is 7.19. The Morgan fingerprint density at radius 2 is 1.72 bits per heavy atom. The Hall–Kier alpha value is -2.72. The molecule has 25 heavy (non-hydrogen) atoms. The van der Waals surface area contributed by atoms with E-state index < -0.39 is 0 Å². The normalized spacial score (nSPS) is 11.0. The summed E-state index contributed by atoms with van der Waals surface area (Å²) in [6, 6.07) is 18.9. The van der Waals surface area contributed by atoms with E-state index in [2.05, 4.69) is 77.7 Å². The largest absolute Gasteiger partial charge is 0.339 e. The number of thiophene rings is 1. The van der Waals surface area contributed by atoms with Gasteiger partial charge < -0.3 is 5.32 Å². The molecule has 2 aromatic heterocycles. The Kier molecular flexibility index (Phi) is 4.20. The molecule has 0 aliphatic carbocycles. The highest BCUT2D eigenvalue weighted by Crippen LogP contribution is 2.41. The van der Waals surface area contributed by atoms with Crippen LogP contribution in [-0.2, 0) is 6.42 Å². The van der Waals surface area contributed by atoms with Crippen molar-refractivity contribution in [3.63, 3.8) is 0 Å². The molecular weight excluding hydrogens is 326 g/mol. The van der Waals surface area contributed by atoms with Gasteiger partial charge in [-0.05, 0) is 30.5 Å². The van der Waals surface area contributed by atoms with Gasteiger partial charge in [0.05, 0.1) is 5.39 Å². The average molecular weight is 345 g/mol. The van der Waals surface area contributed by atoms with Crippen LogP contribution in [0.1, 0.15) is 17.4 Å². The summed E-state index contributed by atoms with van der Waals surface area (Å²) in [5, 5.41) is 4.64. The van der Waals surface area contributed by atoms with E-state index >= 15 is 0 Å². The third-order valence-electron chi connectivity index (χ3n) is 4.38. The van der Waals surface area contributed by atoms with Crippen LogP contribution < -0.4 is 5.32 Å². The number of hydrogen-bond acceptors (Lipinski definition) is 4. The monoisotopic (exact) mass is 345 g/mol. The van der Waals surface area contributed by atoms with E-state index in [0.717, 1.165) is 28.1 Å². The van der Waals surface area contributed by atoms with Gasteiger partial charge in [-0.1, -0.05) is 55.5 Å². The lowest BCUT2D eigenvalue weighted by Gasteiger charge is -2.12. The molecule has 0 unspecified atom stereocenters.